The van der Waals surface area contributed by atoms with Gasteiger partial charge in [0.2, 0.25) is 0 Å². The smallest absolute Gasteiger partial charge is 0.0963 e. The van der Waals surface area contributed by atoms with E-state index in [1.807, 2.05) is 11.8 Å². The molecule has 0 N–H and O–H groups in total. The molecule has 2 aliphatic rings. The van der Waals surface area contributed by atoms with Gasteiger partial charge in [0.15, 0.2) is 0 Å². The molecule has 2 fully saturated rings. The molecule has 1 aromatic heterocycles. The van der Waals surface area contributed by atoms with E-state index in [4.69, 9.17) is 4.74 Å². The fourth-order valence-electron chi connectivity index (χ4n) is 3.14. The highest BCUT2D eigenvalue weighted by atomic mass is 79.9. The average molecular weight is 360 g/mol. The van der Waals surface area contributed by atoms with Gasteiger partial charge in [-0.05, 0) is 43.6 Å². The molecule has 0 radical (unpaired) electrons. The van der Waals surface area contributed by atoms with Crippen LogP contribution in [0.15, 0.2) is 6.20 Å². The first-order valence-corrected chi connectivity index (χ1v) is 9.57. The maximum atomic E-state index is 6.15. The summed E-state index contributed by atoms with van der Waals surface area (Å²) < 4.78 is 8.22. The zero-order valence-corrected chi connectivity index (χ0v) is 14.3. The van der Waals surface area contributed by atoms with E-state index in [-0.39, 0.29) is 5.60 Å². The van der Waals surface area contributed by atoms with Gasteiger partial charge in [0.25, 0.3) is 0 Å². The van der Waals surface area contributed by atoms with E-state index >= 15 is 0 Å². The molecule has 3 heterocycles. The van der Waals surface area contributed by atoms with Crippen molar-refractivity contribution in [1.82, 2.24) is 15.0 Å². The van der Waals surface area contributed by atoms with Gasteiger partial charge in [0.05, 0.1) is 22.2 Å². The summed E-state index contributed by atoms with van der Waals surface area (Å²) in [4.78, 5) is 0.316. The monoisotopic (exact) mass is 359 g/mol. The molecule has 0 aromatic carbocycles. The summed E-state index contributed by atoms with van der Waals surface area (Å²) in [7, 11) is 0. The highest BCUT2D eigenvalue weighted by Crippen LogP contribution is 2.41. The number of ether oxygens (including phenoxy) is 1. The fourth-order valence-corrected chi connectivity index (χ4v) is 4.59. The van der Waals surface area contributed by atoms with E-state index in [0.29, 0.717) is 10.9 Å². The van der Waals surface area contributed by atoms with Gasteiger partial charge in [-0.15, -0.1) is 5.10 Å². The number of aromatic nitrogens is 3. The third kappa shape index (κ3) is 3.07. The average Bonchev–Trinajstić information content (AvgIpc) is 2.97. The molecule has 0 saturated carbocycles. The first kappa shape index (κ1) is 14.9. The summed E-state index contributed by atoms with van der Waals surface area (Å²) in [5.41, 5.74) is 1.16. The molecule has 0 bridgehead atoms. The van der Waals surface area contributed by atoms with Gasteiger partial charge in [0, 0.05) is 12.8 Å². The third-order valence-corrected chi connectivity index (χ3v) is 6.55. The van der Waals surface area contributed by atoms with Gasteiger partial charge in [-0.3, -0.25) is 0 Å². The van der Waals surface area contributed by atoms with E-state index in [2.05, 4.69) is 44.0 Å². The lowest BCUT2D eigenvalue weighted by Crippen LogP contribution is -2.43. The van der Waals surface area contributed by atoms with Crippen LogP contribution >= 0.6 is 27.7 Å². The molecule has 1 spiro atoms. The molecule has 2 saturated heterocycles. The van der Waals surface area contributed by atoms with Crippen molar-refractivity contribution in [3.8, 4) is 0 Å². The number of hydrogen-bond acceptors (Lipinski definition) is 4. The van der Waals surface area contributed by atoms with Crippen LogP contribution in [0, 0.1) is 0 Å². The molecular weight excluding hydrogens is 338 g/mol. The summed E-state index contributed by atoms with van der Waals surface area (Å²) in [5.74, 6) is 2.46. The van der Waals surface area contributed by atoms with Crippen LogP contribution in [0.25, 0.3) is 0 Å². The van der Waals surface area contributed by atoms with Crippen molar-refractivity contribution in [3.05, 3.63) is 11.9 Å². The van der Waals surface area contributed by atoms with Crippen LogP contribution in [0.3, 0.4) is 0 Å². The van der Waals surface area contributed by atoms with Crippen molar-refractivity contribution in [2.24, 2.45) is 0 Å². The number of thioether (sulfide) groups is 1. The Labute approximate surface area is 133 Å². The summed E-state index contributed by atoms with van der Waals surface area (Å²) in [6.07, 6.45) is 7.67. The summed E-state index contributed by atoms with van der Waals surface area (Å²) in [5, 5.41) is 8.68. The number of hydrogen-bond donors (Lipinski definition) is 0. The van der Waals surface area contributed by atoms with Crippen LogP contribution < -0.4 is 0 Å². The van der Waals surface area contributed by atoms with Crippen LogP contribution in [0.1, 0.15) is 55.6 Å². The van der Waals surface area contributed by atoms with Gasteiger partial charge >= 0.3 is 0 Å². The zero-order valence-electron chi connectivity index (χ0n) is 11.9. The number of nitrogens with zero attached hydrogens (tertiary/aromatic N) is 3. The van der Waals surface area contributed by atoms with E-state index in [9.17, 15) is 0 Å². The minimum Gasteiger partial charge on any atom is -0.375 e. The first-order chi connectivity index (χ1) is 9.72. The van der Waals surface area contributed by atoms with Crippen molar-refractivity contribution < 1.29 is 4.74 Å². The predicted octanol–water partition coefficient (Wildman–Crippen LogP) is 3.74. The first-order valence-electron chi connectivity index (χ1n) is 7.50. The molecule has 2 atom stereocenters. The Morgan fingerprint density at radius 1 is 1.55 bits per heavy atom. The minimum absolute atomic E-state index is 0.110. The predicted molar refractivity (Wildman–Crippen MR) is 85.5 cm³/mol. The molecule has 1 aromatic rings. The number of alkyl halides is 1. The summed E-state index contributed by atoms with van der Waals surface area (Å²) >= 11 is 5.70. The standard InChI is InChI=1S/C14H22BrN3OS/c1-2-12(15)13-10-18(17-16-13)11-3-6-19-14(9-11)4-7-20-8-5-14/h10-12H,2-9H2,1H3. The van der Waals surface area contributed by atoms with Gasteiger partial charge in [0.1, 0.15) is 0 Å². The minimum atomic E-state index is 0.110. The van der Waals surface area contributed by atoms with Crippen LogP contribution in [0.5, 0.6) is 0 Å². The molecular formula is C14H22BrN3OS. The molecule has 2 aliphatic heterocycles. The lowest BCUT2D eigenvalue weighted by atomic mass is 9.85. The Balaban J connectivity index is 1.71. The summed E-state index contributed by atoms with van der Waals surface area (Å²) in [6.45, 7) is 3.01. The van der Waals surface area contributed by atoms with E-state index in [1.165, 1.54) is 24.3 Å². The van der Waals surface area contributed by atoms with E-state index in [1.54, 1.807) is 0 Å². The fraction of sp³-hybridized carbons (Fsp3) is 0.857. The number of rotatable bonds is 3. The summed E-state index contributed by atoms with van der Waals surface area (Å²) in [6, 6.07) is 0.449. The molecule has 0 aliphatic carbocycles. The normalized spacial score (nSPS) is 27.6. The quantitative estimate of drug-likeness (QED) is 0.770. The third-order valence-electron chi connectivity index (χ3n) is 4.45. The van der Waals surface area contributed by atoms with Crippen molar-refractivity contribution in [1.29, 1.82) is 0 Å². The SMILES string of the molecule is CCC(Br)c1cn(C2CCOC3(CCSCC3)C2)nn1. The molecule has 112 valence electrons. The van der Waals surface area contributed by atoms with Crippen LogP contribution in [-0.4, -0.2) is 38.7 Å². The molecule has 20 heavy (non-hydrogen) atoms. The molecule has 4 nitrogen and oxygen atoms in total. The Kier molecular flexibility index (Phi) is 4.72. The second-order valence-electron chi connectivity index (χ2n) is 5.79. The van der Waals surface area contributed by atoms with Crippen LogP contribution in [0.4, 0.5) is 0 Å². The van der Waals surface area contributed by atoms with Crippen LogP contribution in [-0.2, 0) is 4.74 Å². The second-order valence-corrected chi connectivity index (χ2v) is 8.12. The van der Waals surface area contributed by atoms with Crippen molar-refractivity contribution in [2.45, 2.75) is 55.5 Å². The van der Waals surface area contributed by atoms with E-state index < -0.39 is 0 Å². The maximum Gasteiger partial charge on any atom is 0.0963 e. The van der Waals surface area contributed by atoms with Gasteiger partial charge in [-0.25, -0.2) is 4.68 Å². The Bertz CT molecular complexity index is 442. The highest BCUT2D eigenvalue weighted by Gasteiger charge is 2.39. The second kappa shape index (κ2) is 6.36. The Morgan fingerprint density at radius 3 is 3.10 bits per heavy atom. The lowest BCUT2D eigenvalue weighted by Gasteiger charge is -2.43. The molecule has 3 rings (SSSR count). The molecule has 6 heteroatoms. The largest absolute Gasteiger partial charge is 0.375 e. The van der Waals surface area contributed by atoms with Gasteiger partial charge in [-0.2, -0.15) is 11.8 Å². The molecule has 0 amide bonds. The van der Waals surface area contributed by atoms with Gasteiger partial charge in [-0.1, -0.05) is 28.1 Å². The van der Waals surface area contributed by atoms with Crippen molar-refractivity contribution in [2.75, 3.05) is 18.1 Å². The van der Waals surface area contributed by atoms with Gasteiger partial charge < -0.3 is 4.74 Å². The van der Waals surface area contributed by atoms with Crippen molar-refractivity contribution in [3.63, 3.8) is 0 Å². The maximum absolute atomic E-state index is 6.15. The zero-order chi connectivity index (χ0) is 14.0. The number of halogens is 1. The lowest BCUT2D eigenvalue weighted by molar-refractivity contribution is -0.100. The Morgan fingerprint density at radius 2 is 2.35 bits per heavy atom. The Hall–Kier alpha value is -0.0700. The highest BCUT2D eigenvalue weighted by molar-refractivity contribution is 9.09. The van der Waals surface area contributed by atoms with Crippen LogP contribution in [0.2, 0.25) is 0 Å². The van der Waals surface area contributed by atoms with Crippen molar-refractivity contribution >= 4 is 27.7 Å². The topological polar surface area (TPSA) is 39.9 Å². The molecule has 2 unspecified atom stereocenters. The van der Waals surface area contributed by atoms with E-state index in [0.717, 1.165) is 31.6 Å².